The summed E-state index contributed by atoms with van der Waals surface area (Å²) in [5, 5.41) is 8.81. The second-order valence-corrected chi connectivity index (χ2v) is 5.06. The lowest BCUT2D eigenvalue weighted by molar-refractivity contribution is 0.790. The van der Waals surface area contributed by atoms with Crippen LogP contribution in [-0.4, -0.2) is 26.7 Å². The molecule has 2 aromatic rings. The summed E-state index contributed by atoms with van der Waals surface area (Å²) >= 11 is 6.42. The molecule has 0 atom stereocenters. The smallest absolute Gasteiger partial charge is 0.208 e. The molecule has 0 aliphatic carbocycles. The molecule has 0 unspecified atom stereocenters. The van der Waals surface area contributed by atoms with E-state index in [0.717, 1.165) is 23.8 Å². The molecule has 0 aliphatic rings. The number of aromatic nitrogens is 3. The topological polar surface area (TPSA) is 67.9 Å². The van der Waals surface area contributed by atoms with Crippen LogP contribution in [-0.2, 0) is 6.54 Å². The number of rotatable bonds is 6. The largest absolute Gasteiger partial charge is 0.393 e. The standard InChI is InChI=1S/C11H13N5S2/c12-10(17)3-5-16(11-15-14-8-18-11)7-9-2-1-4-13-6-9/h1-2,4,6,8H,3,5,7H2,(H2,12,17). The minimum atomic E-state index is 0.510. The SMILES string of the molecule is NC(=S)CCN(Cc1cccnc1)c1nncs1. The van der Waals surface area contributed by atoms with Crippen LogP contribution in [0.4, 0.5) is 5.13 Å². The van der Waals surface area contributed by atoms with Crippen LogP contribution in [0.2, 0.25) is 0 Å². The maximum atomic E-state index is 5.55. The summed E-state index contributed by atoms with van der Waals surface area (Å²) in [6.07, 6.45) is 4.26. The Balaban J connectivity index is 2.07. The third kappa shape index (κ3) is 3.71. The van der Waals surface area contributed by atoms with Gasteiger partial charge in [0.25, 0.3) is 0 Å². The molecule has 0 aromatic carbocycles. The quantitative estimate of drug-likeness (QED) is 0.810. The van der Waals surface area contributed by atoms with Crippen LogP contribution >= 0.6 is 23.6 Å². The Kier molecular flexibility index (Phi) is 4.54. The molecule has 0 saturated carbocycles. The van der Waals surface area contributed by atoms with Crippen LogP contribution in [0.15, 0.2) is 30.0 Å². The van der Waals surface area contributed by atoms with E-state index < -0.39 is 0 Å². The Labute approximate surface area is 115 Å². The number of thiocarbonyl (C=S) groups is 1. The number of anilines is 1. The zero-order chi connectivity index (χ0) is 12.8. The average Bonchev–Trinajstić information content (AvgIpc) is 2.89. The van der Waals surface area contributed by atoms with E-state index in [1.165, 1.54) is 11.3 Å². The van der Waals surface area contributed by atoms with Crippen molar-refractivity contribution in [3.05, 3.63) is 35.6 Å². The molecule has 0 aliphatic heterocycles. The molecule has 0 amide bonds. The zero-order valence-electron chi connectivity index (χ0n) is 9.69. The Morgan fingerprint density at radius 1 is 1.50 bits per heavy atom. The van der Waals surface area contributed by atoms with Crippen molar-refractivity contribution in [2.75, 3.05) is 11.4 Å². The molecule has 94 valence electrons. The van der Waals surface area contributed by atoms with Crippen molar-refractivity contribution in [1.82, 2.24) is 15.2 Å². The van der Waals surface area contributed by atoms with Gasteiger partial charge in [0.15, 0.2) is 0 Å². The van der Waals surface area contributed by atoms with Gasteiger partial charge in [-0.15, -0.1) is 10.2 Å². The summed E-state index contributed by atoms with van der Waals surface area (Å²) in [5.74, 6) is 0. The molecule has 0 bridgehead atoms. The predicted molar refractivity (Wildman–Crippen MR) is 76.6 cm³/mol. The van der Waals surface area contributed by atoms with Crippen LogP contribution in [0.5, 0.6) is 0 Å². The number of nitrogens with two attached hydrogens (primary N) is 1. The first-order valence-corrected chi connectivity index (χ1v) is 6.73. The number of pyridine rings is 1. The van der Waals surface area contributed by atoms with Crippen molar-refractivity contribution < 1.29 is 0 Å². The Morgan fingerprint density at radius 3 is 3.00 bits per heavy atom. The molecular weight excluding hydrogens is 266 g/mol. The van der Waals surface area contributed by atoms with Crippen molar-refractivity contribution >= 4 is 33.7 Å². The highest BCUT2D eigenvalue weighted by Crippen LogP contribution is 2.18. The second kappa shape index (κ2) is 6.36. The molecule has 18 heavy (non-hydrogen) atoms. The monoisotopic (exact) mass is 279 g/mol. The fourth-order valence-corrected chi connectivity index (χ4v) is 2.18. The van der Waals surface area contributed by atoms with Gasteiger partial charge in [0.1, 0.15) is 5.51 Å². The Hall–Kier alpha value is -1.60. The second-order valence-electron chi connectivity index (χ2n) is 3.72. The van der Waals surface area contributed by atoms with Gasteiger partial charge in [-0.25, -0.2) is 0 Å². The van der Waals surface area contributed by atoms with E-state index in [9.17, 15) is 0 Å². The highest BCUT2D eigenvalue weighted by Gasteiger charge is 2.11. The molecule has 0 fully saturated rings. The minimum absolute atomic E-state index is 0.510. The van der Waals surface area contributed by atoms with Crippen LogP contribution in [0.1, 0.15) is 12.0 Å². The van der Waals surface area contributed by atoms with E-state index in [0.29, 0.717) is 11.4 Å². The van der Waals surface area contributed by atoms with Gasteiger partial charge in [0, 0.05) is 31.9 Å². The maximum Gasteiger partial charge on any atom is 0.208 e. The van der Waals surface area contributed by atoms with Gasteiger partial charge in [0.05, 0.1) is 4.99 Å². The highest BCUT2D eigenvalue weighted by atomic mass is 32.1. The van der Waals surface area contributed by atoms with Gasteiger partial charge >= 0.3 is 0 Å². The summed E-state index contributed by atoms with van der Waals surface area (Å²) in [4.78, 5) is 6.72. The summed E-state index contributed by atoms with van der Waals surface area (Å²) in [6.45, 7) is 1.46. The third-order valence-corrected chi connectivity index (χ3v) is 3.30. The van der Waals surface area contributed by atoms with Crippen molar-refractivity contribution in [2.45, 2.75) is 13.0 Å². The zero-order valence-corrected chi connectivity index (χ0v) is 11.3. The van der Waals surface area contributed by atoms with E-state index in [4.69, 9.17) is 18.0 Å². The molecule has 2 aromatic heterocycles. The van der Waals surface area contributed by atoms with Gasteiger partial charge in [-0.1, -0.05) is 29.6 Å². The summed E-state index contributed by atoms with van der Waals surface area (Å²) in [7, 11) is 0. The first-order valence-electron chi connectivity index (χ1n) is 5.44. The molecular formula is C11H13N5S2. The van der Waals surface area contributed by atoms with E-state index in [-0.39, 0.29) is 0 Å². The van der Waals surface area contributed by atoms with Gasteiger partial charge in [-0.05, 0) is 11.6 Å². The predicted octanol–water partition coefficient (Wildman–Crippen LogP) is 1.62. The van der Waals surface area contributed by atoms with Crippen LogP contribution in [0.3, 0.4) is 0 Å². The first-order chi connectivity index (χ1) is 8.75. The lowest BCUT2D eigenvalue weighted by Gasteiger charge is -2.20. The summed E-state index contributed by atoms with van der Waals surface area (Å²) < 4.78 is 0. The fourth-order valence-electron chi connectivity index (χ4n) is 1.50. The fraction of sp³-hybridized carbons (Fsp3) is 0.273. The van der Waals surface area contributed by atoms with Gasteiger partial charge in [-0.3, -0.25) is 4.98 Å². The number of hydrogen-bond donors (Lipinski definition) is 1. The Morgan fingerprint density at radius 2 is 2.39 bits per heavy atom. The molecule has 2 rings (SSSR count). The number of nitrogens with zero attached hydrogens (tertiary/aromatic N) is 4. The highest BCUT2D eigenvalue weighted by molar-refractivity contribution is 7.80. The van der Waals surface area contributed by atoms with Gasteiger partial charge < -0.3 is 10.6 Å². The molecule has 5 nitrogen and oxygen atoms in total. The summed E-state index contributed by atoms with van der Waals surface area (Å²) in [6, 6.07) is 3.95. The minimum Gasteiger partial charge on any atom is -0.393 e. The van der Waals surface area contributed by atoms with Crippen molar-refractivity contribution in [1.29, 1.82) is 0 Å². The van der Waals surface area contributed by atoms with E-state index in [1.54, 1.807) is 11.7 Å². The van der Waals surface area contributed by atoms with E-state index >= 15 is 0 Å². The van der Waals surface area contributed by atoms with Crippen LogP contribution in [0, 0.1) is 0 Å². The molecule has 2 heterocycles. The van der Waals surface area contributed by atoms with Crippen molar-refractivity contribution in [2.24, 2.45) is 5.73 Å². The molecule has 2 N–H and O–H groups in total. The lowest BCUT2D eigenvalue weighted by Crippen LogP contribution is -2.27. The maximum absolute atomic E-state index is 5.55. The van der Waals surface area contributed by atoms with E-state index in [1.807, 2.05) is 18.3 Å². The average molecular weight is 279 g/mol. The normalized spacial score (nSPS) is 10.2. The third-order valence-electron chi connectivity index (χ3n) is 2.34. The summed E-state index contributed by atoms with van der Waals surface area (Å²) in [5.41, 5.74) is 8.38. The Bertz CT molecular complexity index is 485. The van der Waals surface area contributed by atoms with E-state index in [2.05, 4.69) is 20.1 Å². The molecule has 0 spiro atoms. The lowest BCUT2D eigenvalue weighted by atomic mass is 10.2. The first kappa shape index (κ1) is 12.8. The van der Waals surface area contributed by atoms with Crippen molar-refractivity contribution in [3.8, 4) is 0 Å². The van der Waals surface area contributed by atoms with Gasteiger partial charge in [0.2, 0.25) is 5.13 Å². The van der Waals surface area contributed by atoms with Gasteiger partial charge in [-0.2, -0.15) is 0 Å². The molecule has 0 saturated heterocycles. The van der Waals surface area contributed by atoms with Crippen LogP contribution < -0.4 is 10.6 Å². The van der Waals surface area contributed by atoms with Crippen LogP contribution in [0.25, 0.3) is 0 Å². The molecule has 0 radical (unpaired) electrons. The number of hydrogen-bond acceptors (Lipinski definition) is 6. The van der Waals surface area contributed by atoms with Crippen molar-refractivity contribution in [3.63, 3.8) is 0 Å². The molecule has 7 heteroatoms.